The first kappa shape index (κ1) is 37.2. The first-order chi connectivity index (χ1) is 23.1. The van der Waals surface area contributed by atoms with Crippen molar-refractivity contribution in [1.82, 2.24) is 0 Å². The average Bonchev–Trinajstić information content (AvgIpc) is 3.49. The average molecular weight is 689 g/mol. The van der Waals surface area contributed by atoms with Gasteiger partial charge in [-0.1, -0.05) is 139 Å². The summed E-state index contributed by atoms with van der Waals surface area (Å²) in [6, 6.07) is 14.5. The fourth-order valence-corrected chi connectivity index (χ4v) is 18.7. The maximum atomic E-state index is 6.46. The van der Waals surface area contributed by atoms with Crippen molar-refractivity contribution >= 4 is 19.2 Å². The van der Waals surface area contributed by atoms with Crippen molar-refractivity contribution in [3.05, 3.63) is 104 Å². The summed E-state index contributed by atoms with van der Waals surface area (Å²) in [4.78, 5) is 0. The second kappa shape index (κ2) is 12.8. The monoisotopic (exact) mass is 689 g/mol. The Kier molecular flexibility index (Phi) is 9.53. The molecule has 4 aliphatic rings. The number of aryl methyl sites for hydroxylation is 4. The number of rotatable bonds is 5. The van der Waals surface area contributed by atoms with Crippen molar-refractivity contribution in [1.29, 1.82) is 0 Å². The van der Waals surface area contributed by atoms with Crippen LogP contribution in [0.4, 0.5) is 0 Å². The van der Waals surface area contributed by atoms with Crippen LogP contribution in [0, 0.1) is 74.0 Å². The summed E-state index contributed by atoms with van der Waals surface area (Å²) in [6.07, 6.45) is 8.13. The van der Waals surface area contributed by atoms with Crippen LogP contribution in [0.2, 0.25) is 24.2 Å². The zero-order valence-electron chi connectivity index (χ0n) is 34.6. The van der Waals surface area contributed by atoms with Crippen LogP contribution in [0.1, 0.15) is 109 Å². The lowest BCUT2D eigenvalue weighted by atomic mass is 9.69. The highest BCUT2D eigenvalue weighted by atomic mass is 28.3. The SMILES string of the molecule is COC1=C(c2cc(C)cc(C)c2)C2CC(C)C([Si](C)(C)C3C(C)CC4C(c5cc(C)cc(C)c5)=C(C)C(C(C)(C)C)=CC43)C2C=C1C(C)(C)C. The molecular weight excluding hydrogens is 621 g/mol. The Labute approximate surface area is 307 Å². The second-order valence-electron chi connectivity index (χ2n) is 20.1. The summed E-state index contributed by atoms with van der Waals surface area (Å²) < 4.78 is 6.46. The smallest absolute Gasteiger partial charge is 0.126 e. The lowest BCUT2D eigenvalue weighted by Crippen LogP contribution is -2.46. The number of methoxy groups -OCH3 is 1. The summed E-state index contributed by atoms with van der Waals surface area (Å²) in [5.41, 5.74) is 17.6. The van der Waals surface area contributed by atoms with Gasteiger partial charge in [0, 0.05) is 5.57 Å². The molecule has 8 atom stereocenters. The van der Waals surface area contributed by atoms with Gasteiger partial charge < -0.3 is 4.74 Å². The van der Waals surface area contributed by atoms with E-state index in [4.69, 9.17) is 4.74 Å². The van der Waals surface area contributed by atoms with E-state index in [1.165, 1.54) is 57.4 Å². The highest BCUT2D eigenvalue weighted by Gasteiger charge is 2.59. The van der Waals surface area contributed by atoms with Gasteiger partial charge in [0.15, 0.2) is 0 Å². The van der Waals surface area contributed by atoms with Gasteiger partial charge in [-0.25, -0.2) is 0 Å². The molecule has 8 unspecified atom stereocenters. The van der Waals surface area contributed by atoms with E-state index in [1.807, 2.05) is 7.11 Å². The van der Waals surface area contributed by atoms with E-state index in [2.05, 4.69) is 152 Å². The molecule has 2 heteroatoms. The summed E-state index contributed by atoms with van der Waals surface area (Å²) in [5.74, 6) is 4.78. The Morgan fingerprint density at radius 3 is 1.36 bits per heavy atom. The predicted octanol–water partition coefficient (Wildman–Crippen LogP) is 13.7. The van der Waals surface area contributed by atoms with E-state index in [9.17, 15) is 0 Å². The maximum Gasteiger partial charge on any atom is 0.126 e. The minimum Gasteiger partial charge on any atom is -0.496 e. The van der Waals surface area contributed by atoms with Gasteiger partial charge in [0.1, 0.15) is 5.76 Å². The molecule has 0 aromatic heterocycles. The Balaban J connectivity index is 1.49. The highest BCUT2D eigenvalue weighted by Crippen LogP contribution is 2.67. The lowest BCUT2D eigenvalue weighted by Gasteiger charge is -2.47. The molecule has 2 fully saturated rings. The summed E-state index contributed by atoms with van der Waals surface area (Å²) in [7, 11) is 0.0232. The van der Waals surface area contributed by atoms with Gasteiger partial charge in [0.2, 0.25) is 0 Å². The molecule has 270 valence electrons. The minimum atomic E-state index is -1.89. The van der Waals surface area contributed by atoms with Crippen LogP contribution < -0.4 is 0 Å². The molecule has 2 aromatic carbocycles. The van der Waals surface area contributed by atoms with Crippen molar-refractivity contribution < 1.29 is 4.74 Å². The van der Waals surface area contributed by atoms with Crippen LogP contribution in [0.15, 0.2) is 71.0 Å². The van der Waals surface area contributed by atoms with Gasteiger partial charge in [-0.15, -0.1) is 0 Å². The molecule has 0 bridgehead atoms. The van der Waals surface area contributed by atoms with Gasteiger partial charge in [-0.3, -0.25) is 0 Å². The molecule has 6 rings (SSSR count). The van der Waals surface area contributed by atoms with Gasteiger partial charge >= 0.3 is 0 Å². The van der Waals surface area contributed by atoms with E-state index in [1.54, 1.807) is 16.7 Å². The number of benzene rings is 2. The predicted molar refractivity (Wildman–Crippen MR) is 220 cm³/mol. The van der Waals surface area contributed by atoms with Crippen molar-refractivity contribution in [3.8, 4) is 0 Å². The Hall–Kier alpha value is -2.58. The van der Waals surface area contributed by atoms with Crippen LogP contribution in [-0.2, 0) is 4.74 Å². The Bertz CT molecular complexity index is 1760. The summed E-state index contributed by atoms with van der Waals surface area (Å²) >= 11 is 0. The van der Waals surface area contributed by atoms with Gasteiger partial charge in [-0.05, 0) is 138 Å². The number of allylic oxidation sites excluding steroid dienone is 7. The minimum absolute atomic E-state index is 0.00510. The van der Waals surface area contributed by atoms with Crippen molar-refractivity contribution in [2.45, 2.75) is 127 Å². The van der Waals surface area contributed by atoms with Crippen LogP contribution in [0.3, 0.4) is 0 Å². The molecule has 4 aliphatic carbocycles. The zero-order chi connectivity index (χ0) is 36.8. The van der Waals surface area contributed by atoms with Gasteiger partial charge in [0.05, 0.1) is 15.2 Å². The van der Waals surface area contributed by atoms with E-state index >= 15 is 0 Å². The summed E-state index contributed by atoms with van der Waals surface area (Å²) in [6.45, 7) is 36.9. The van der Waals surface area contributed by atoms with Gasteiger partial charge in [0.25, 0.3) is 0 Å². The molecule has 0 N–H and O–H groups in total. The molecule has 1 nitrogen and oxygen atoms in total. The second-order valence-corrected chi connectivity index (χ2v) is 25.0. The zero-order valence-corrected chi connectivity index (χ0v) is 35.6. The normalized spacial score (nSPS) is 30.3. The number of hydrogen-bond acceptors (Lipinski definition) is 1. The van der Waals surface area contributed by atoms with Crippen molar-refractivity contribution in [2.24, 2.45) is 46.3 Å². The summed E-state index contributed by atoms with van der Waals surface area (Å²) in [5, 5.41) is 0. The highest BCUT2D eigenvalue weighted by molar-refractivity contribution is 6.80. The third-order valence-corrected chi connectivity index (χ3v) is 18.9. The lowest BCUT2D eigenvalue weighted by molar-refractivity contribution is 0.274. The Morgan fingerprint density at radius 1 is 0.580 bits per heavy atom. The third kappa shape index (κ3) is 6.28. The topological polar surface area (TPSA) is 9.23 Å². The van der Waals surface area contributed by atoms with Crippen molar-refractivity contribution in [3.63, 3.8) is 0 Å². The van der Waals surface area contributed by atoms with Crippen LogP contribution >= 0.6 is 0 Å². The molecule has 0 spiro atoms. The van der Waals surface area contributed by atoms with Crippen LogP contribution in [0.25, 0.3) is 11.1 Å². The number of hydrogen-bond donors (Lipinski definition) is 0. The third-order valence-electron chi connectivity index (χ3n) is 13.6. The Morgan fingerprint density at radius 2 is 0.960 bits per heavy atom. The molecule has 50 heavy (non-hydrogen) atoms. The standard InChI is InChI=1S/C48H68OSi/c1-27-17-28(2)20-34(19-27)42-33(7)40(47(8,9)10)25-38-36(42)23-31(5)45(38)50(15,16)46-32(6)24-37-39(46)26-41(48(11,12)13)44(49-14)43(37)35-21-29(3)18-30(4)22-35/h17-22,25-26,31-32,36-39,45-46H,23-24H2,1-16H3. The number of ether oxygens (including phenoxy) is 1. The first-order valence-electron chi connectivity index (χ1n) is 19.8. The molecule has 0 aliphatic heterocycles. The number of fused-ring (bicyclic) bond motifs is 2. The molecule has 0 heterocycles. The van der Waals surface area contributed by atoms with E-state index in [0.717, 1.165) is 16.8 Å². The van der Waals surface area contributed by atoms with E-state index < -0.39 is 8.07 Å². The molecule has 0 saturated heterocycles. The first-order valence-corrected chi connectivity index (χ1v) is 22.9. The molecule has 2 saturated carbocycles. The van der Waals surface area contributed by atoms with Crippen LogP contribution in [0.5, 0.6) is 0 Å². The fraction of sp³-hybridized carbons (Fsp3) is 0.583. The van der Waals surface area contributed by atoms with Crippen molar-refractivity contribution in [2.75, 3.05) is 7.11 Å². The molecule has 2 aromatic rings. The van der Waals surface area contributed by atoms with Gasteiger partial charge in [-0.2, -0.15) is 0 Å². The fourth-order valence-electron chi connectivity index (χ4n) is 12.4. The quantitative estimate of drug-likeness (QED) is 0.284. The molecule has 0 amide bonds. The molecular formula is C48H68OSi. The van der Waals surface area contributed by atoms with E-state index in [0.29, 0.717) is 35.5 Å². The largest absolute Gasteiger partial charge is 0.496 e. The van der Waals surface area contributed by atoms with E-state index in [-0.39, 0.29) is 10.8 Å². The maximum absolute atomic E-state index is 6.46. The van der Waals surface area contributed by atoms with Crippen LogP contribution in [-0.4, -0.2) is 15.2 Å². The molecule has 0 radical (unpaired) electrons.